The molecule has 0 aliphatic carbocycles. The third-order valence-corrected chi connectivity index (χ3v) is 18.9. The molecule has 0 unspecified atom stereocenters. The molecule has 0 N–H and O–H groups in total. The fraction of sp³-hybridized carbons (Fsp3) is 0. The Kier molecular flexibility index (Phi) is 5.34. The second-order valence-corrected chi connectivity index (χ2v) is 18.8. The minimum atomic E-state index is -3.46. The zero-order valence-corrected chi connectivity index (χ0v) is 25.4. The number of fused-ring (bicyclic) bond motifs is 6. The predicted octanol–water partition coefficient (Wildman–Crippen LogP) is 5.72. The van der Waals surface area contributed by atoms with Gasteiger partial charge in [0.2, 0.25) is 0 Å². The molecule has 5 heteroatoms. The maximum absolute atomic E-state index is 5.12. The first-order chi connectivity index (χ1) is 21.3. The first kappa shape index (κ1) is 24.4. The van der Waals surface area contributed by atoms with E-state index in [1.165, 1.54) is 50.6 Å². The van der Waals surface area contributed by atoms with Crippen LogP contribution in [0.4, 0.5) is 0 Å². The third-order valence-electron chi connectivity index (χ3n) is 8.97. The van der Waals surface area contributed by atoms with Crippen LogP contribution in [0.2, 0.25) is 0 Å². The average molecular weight is 611 g/mol. The molecule has 5 aromatic carbocycles. The van der Waals surface area contributed by atoms with E-state index in [0.717, 1.165) is 11.4 Å². The van der Waals surface area contributed by atoms with Gasteiger partial charge in [-0.15, -0.1) is 0 Å². The van der Waals surface area contributed by atoms with E-state index in [2.05, 4.69) is 137 Å². The van der Waals surface area contributed by atoms with Gasteiger partial charge < -0.3 is 0 Å². The van der Waals surface area contributed by atoms with Crippen LogP contribution in [0.5, 0.6) is 0 Å². The van der Waals surface area contributed by atoms with Gasteiger partial charge in [0.15, 0.2) is 0 Å². The van der Waals surface area contributed by atoms with Crippen LogP contribution in [0.15, 0.2) is 158 Å². The molecule has 4 heterocycles. The number of aromatic nitrogens is 4. The molecule has 9 rings (SSSR count). The van der Waals surface area contributed by atoms with Crippen LogP contribution in [0.3, 0.4) is 0 Å². The van der Waals surface area contributed by atoms with Gasteiger partial charge >= 0.3 is 253 Å². The van der Waals surface area contributed by atoms with Crippen molar-refractivity contribution in [1.29, 1.82) is 0 Å². The van der Waals surface area contributed by atoms with Crippen LogP contribution >= 0.6 is 0 Å². The first-order valence-corrected chi connectivity index (χ1v) is 18.8. The van der Waals surface area contributed by atoms with Gasteiger partial charge in [0.1, 0.15) is 0 Å². The summed E-state index contributed by atoms with van der Waals surface area (Å²) in [4.78, 5) is 5.12. The number of nitrogens with zero attached hydrogens (tertiary/aromatic N) is 4. The monoisotopic (exact) mass is 612 g/mol. The predicted molar refractivity (Wildman–Crippen MR) is 178 cm³/mol. The Balaban J connectivity index is 1.39. The number of rotatable bonds is 4. The summed E-state index contributed by atoms with van der Waals surface area (Å²) in [6.45, 7) is 0. The van der Waals surface area contributed by atoms with E-state index in [9.17, 15) is 0 Å². The third kappa shape index (κ3) is 3.44. The number of hydrogen-bond donors (Lipinski definition) is 0. The summed E-state index contributed by atoms with van der Waals surface area (Å²) >= 11 is -3.46. The normalized spacial score (nSPS) is 13.3. The van der Waals surface area contributed by atoms with Gasteiger partial charge in [0.25, 0.3) is 0 Å². The molecule has 0 fully saturated rings. The number of para-hydroxylation sites is 1. The van der Waals surface area contributed by atoms with Crippen molar-refractivity contribution in [3.8, 4) is 22.5 Å². The average Bonchev–Trinajstić information content (AvgIpc) is 3.80. The van der Waals surface area contributed by atoms with Crippen LogP contribution in [0.25, 0.3) is 44.3 Å². The second-order valence-electron chi connectivity index (χ2n) is 11.1. The molecule has 0 atom stereocenters. The van der Waals surface area contributed by atoms with Crippen molar-refractivity contribution in [1.82, 2.24) is 19.3 Å². The fourth-order valence-electron chi connectivity index (χ4n) is 7.23. The van der Waals surface area contributed by atoms with Gasteiger partial charge in [0, 0.05) is 0 Å². The van der Waals surface area contributed by atoms with Gasteiger partial charge in [-0.3, -0.25) is 0 Å². The number of hydrogen-bond acceptors (Lipinski definition) is 2. The Bertz CT molecular complexity index is 2260. The molecule has 43 heavy (non-hydrogen) atoms. The second kappa shape index (κ2) is 9.41. The summed E-state index contributed by atoms with van der Waals surface area (Å²) < 4.78 is 9.83. The molecule has 3 aromatic heterocycles. The Morgan fingerprint density at radius 3 is 2.00 bits per heavy atom. The van der Waals surface area contributed by atoms with Gasteiger partial charge in [-0.05, 0) is 0 Å². The topological polar surface area (TPSA) is 35.6 Å². The maximum atomic E-state index is 5.12. The van der Waals surface area contributed by atoms with E-state index in [0.29, 0.717) is 0 Å². The van der Waals surface area contributed by atoms with E-state index in [1.807, 2.05) is 35.4 Å². The van der Waals surface area contributed by atoms with Crippen molar-refractivity contribution in [2.45, 2.75) is 0 Å². The van der Waals surface area contributed by atoms with Crippen LogP contribution in [0, 0.1) is 0 Å². The number of benzene rings is 5. The van der Waals surface area contributed by atoms with Crippen molar-refractivity contribution in [2.24, 2.45) is 0 Å². The zero-order valence-electron chi connectivity index (χ0n) is 23.3. The van der Waals surface area contributed by atoms with E-state index in [1.54, 1.807) is 0 Å². The van der Waals surface area contributed by atoms with Crippen LogP contribution in [-0.4, -0.2) is 32.6 Å². The molecule has 202 valence electrons. The Morgan fingerprint density at radius 1 is 0.512 bits per heavy atom. The molecule has 1 aliphatic rings. The summed E-state index contributed by atoms with van der Waals surface area (Å²) in [5.41, 5.74) is 7.24. The van der Waals surface area contributed by atoms with E-state index < -0.39 is 13.3 Å². The molecule has 8 aromatic rings. The van der Waals surface area contributed by atoms with Crippen molar-refractivity contribution in [3.63, 3.8) is 0 Å². The molecule has 0 radical (unpaired) electrons. The molecule has 0 amide bonds. The van der Waals surface area contributed by atoms with Crippen LogP contribution in [-0.2, 0) is 0 Å². The molecule has 0 saturated carbocycles. The molecule has 0 bridgehead atoms. The van der Waals surface area contributed by atoms with Crippen molar-refractivity contribution in [3.05, 3.63) is 158 Å². The van der Waals surface area contributed by atoms with Gasteiger partial charge in [0.05, 0.1) is 0 Å². The summed E-state index contributed by atoms with van der Waals surface area (Å²) in [5.74, 6) is 0. The first-order valence-electron chi connectivity index (χ1n) is 14.6. The fourth-order valence-corrected chi connectivity index (χ4v) is 17.7. The molecule has 0 saturated heterocycles. The van der Waals surface area contributed by atoms with Crippen molar-refractivity contribution >= 4 is 52.8 Å². The van der Waals surface area contributed by atoms with E-state index in [4.69, 9.17) is 4.98 Å². The summed E-state index contributed by atoms with van der Waals surface area (Å²) in [6, 6.07) is 51.0. The molecule has 1 aliphatic heterocycles. The summed E-state index contributed by atoms with van der Waals surface area (Å²) in [5, 5.41) is 7.00. The zero-order chi connectivity index (χ0) is 28.4. The summed E-state index contributed by atoms with van der Waals surface area (Å²) in [6.07, 6.45) is 5.77. The SMILES string of the molecule is c1cc[c]([Ge]2([c]3ccc4c5ccccc5n(-c5cccc(-n6cccn6)c5)c4c3)[c]3ccccc3-c3cccc[c]32)nc1. The minimum absolute atomic E-state index is 1.03. The van der Waals surface area contributed by atoms with Crippen molar-refractivity contribution < 1.29 is 0 Å². The Morgan fingerprint density at radius 2 is 1.23 bits per heavy atom. The van der Waals surface area contributed by atoms with E-state index in [-0.39, 0.29) is 0 Å². The number of pyridine rings is 1. The van der Waals surface area contributed by atoms with Gasteiger partial charge in [-0.25, -0.2) is 0 Å². The molecule has 4 nitrogen and oxygen atoms in total. The van der Waals surface area contributed by atoms with E-state index >= 15 is 0 Å². The molecule has 0 spiro atoms. The molecular formula is C38H26GeN4. The Hall–Kier alpha value is -5.20. The van der Waals surface area contributed by atoms with Crippen LogP contribution < -0.4 is 17.7 Å². The summed E-state index contributed by atoms with van der Waals surface area (Å²) in [7, 11) is 0. The van der Waals surface area contributed by atoms with Gasteiger partial charge in [-0.2, -0.15) is 0 Å². The quantitative estimate of drug-likeness (QED) is 0.239. The Labute approximate surface area is 251 Å². The van der Waals surface area contributed by atoms with Gasteiger partial charge in [-0.1, -0.05) is 0 Å². The van der Waals surface area contributed by atoms with Crippen LogP contribution in [0.1, 0.15) is 0 Å². The molecular weight excluding hydrogens is 585 g/mol. The van der Waals surface area contributed by atoms with Crippen molar-refractivity contribution in [2.75, 3.05) is 0 Å². The standard InChI is InChI=1S/C38H26GeN4/c1-4-16-34-30(13-1)31-14-2-5-17-35(31)39(34,38-19-7-8-22-40-38)27-20-21-33-32-15-3-6-18-36(32)43(37(33)25-27)29-12-9-11-28(26-29)42-24-10-23-41-42/h1-26H.